The molecule has 2 rings (SSSR count). The predicted molar refractivity (Wildman–Crippen MR) is 49.1 cm³/mol. The van der Waals surface area contributed by atoms with Gasteiger partial charge < -0.3 is 0 Å². The van der Waals surface area contributed by atoms with Crippen molar-refractivity contribution in [1.29, 1.82) is 0 Å². The van der Waals surface area contributed by atoms with E-state index in [-0.39, 0.29) is 12.2 Å². The molecule has 0 spiro atoms. The maximum atomic E-state index is 7.61. The lowest BCUT2D eigenvalue weighted by molar-refractivity contribution is 0.864. The van der Waals surface area contributed by atoms with Crippen LogP contribution in [0.15, 0.2) is 41.3 Å². The lowest BCUT2D eigenvalue weighted by Gasteiger charge is -1.97. The molecule has 60 valence electrons. The van der Waals surface area contributed by atoms with Crippen LogP contribution in [0, 0.1) is 0 Å². The lowest BCUT2D eigenvalue weighted by Crippen LogP contribution is -1.93. The van der Waals surface area contributed by atoms with Gasteiger partial charge in [-0.15, -0.1) is 0 Å². The molecule has 2 aromatic rings. The predicted octanol–water partition coefficient (Wildman–Crippen LogP) is 2.03. The Morgan fingerprint density at radius 3 is 3.08 bits per heavy atom. The number of nitrogens with zero attached hydrogens (tertiary/aromatic N) is 3. The molecule has 2 heterocycles. The zero-order valence-corrected chi connectivity index (χ0v) is 7.62. The van der Waals surface area contributed by atoms with Crippen LogP contribution in [0.3, 0.4) is 0 Å². The maximum Gasteiger partial charge on any atom is 0.128 e. The Morgan fingerprint density at radius 1 is 1.58 bits per heavy atom. The van der Waals surface area contributed by atoms with Crippen molar-refractivity contribution < 1.29 is 2.74 Å². The Morgan fingerprint density at radius 2 is 2.50 bits per heavy atom. The second kappa shape index (κ2) is 3.06. The molecule has 3 nitrogen and oxygen atoms in total. The fourth-order valence-electron chi connectivity index (χ4n) is 0.838. The first-order chi connectivity index (χ1) is 6.70. The fourth-order valence-corrected chi connectivity index (χ4v) is 1.09. The van der Waals surface area contributed by atoms with Crippen LogP contribution in [-0.4, -0.2) is 14.8 Å². The van der Waals surface area contributed by atoms with Gasteiger partial charge in [-0.25, -0.2) is 4.68 Å². The van der Waals surface area contributed by atoms with Crippen molar-refractivity contribution in [2.75, 3.05) is 0 Å². The zero-order chi connectivity index (χ0) is 10.1. The summed E-state index contributed by atoms with van der Waals surface area (Å²) in [4.78, 5) is 3.92. The minimum atomic E-state index is 0.0462. The smallest absolute Gasteiger partial charge is 0.128 e. The normalized spacial score (nSPS) is 12.4. The third-order valence-electron chi connectivity index (χ3n) is 1.34. The van der Waals surface area contributed by atoms with Gasteiger partial charge in [-0.05, 0) is 34.1 Å². The van der Waals surface area contributed by atoms with Crippen LogP contribution >= 0.6 is 15.9 Å². The highest BCUT2D eigenvalue weighted by molar-refractivity contribution is 9.10. The molecule has 0 N–H and O–H groups in total. The molecule has 0 aliphatic carbocycles. The molecule has 4 heteroatoms. The summed E-state index contributed by atoms with van der Waals surface area (Å²) >= 11 is 3.10. The Hall–Kier alpha value is -1.16. The van der Waals surface area contributed by atoms with E-state index in [2.05, 4.69) is 26.0 Å². The van der Waals surface area contributed by atoms with Crippen LogP contribution in [0.1, 0.15) is 2.74 Å². The summed E-state index contributed by atoms with van der Waals surface area (Å²) < 4.78 is 16.8. The Bertz CT molecular complexity index is 455. The van der Waals surface area contributed by atoms with Crippen molar-refractivity contribution in [3.05, 3.63) is 41.3 Å². The quantitative estimate of drug-likeness (QED) is 0.744. The molecule has 0 aliphatic heterocycles. The van der Waals surface area contributed by atoms with Crippen molar-refractivity contribution in [2.24, 2.45) is 0 Å². The van der Waals surface area contributed by atoms with Crippen molar-refractivity contribution in [2.45, 2.75) is 0 Å². The van der Waals surface area contributed by atoms with Gasteiger partial charge in [0.25, 0.3) is 0 Å². The van der Waals surface area contributed by atoms with E-state index in [1.807, 2.05) is 0 Å². The highest BCUT2D eigenvalue weighted by Crippen LogP contribution is 2.08. The van der Waals surface area contributed by atoms with Crippen LogP contribution < -0.4 is 0 Å². The van der Waals surface area contributed by atoms with Gasteiger partial charge in [0.2, 0.25) is 0 Å². The summed E-state index contributed by atoms with van der Waals surface area (Å²) in [5.41, 5.74) is 0.678. The summed E-state index contributed by atoms with van der Waals surface area (Å²) in [6, 6.07) is 3.62. The molecular weight excluding hydrogens is 218 g/mol. The van der Waals surface area contributed by atoms with E-state index in [9.17, 15) is 0 Å². The van der Waals surface area contributed by atoms with Crippen LogP contribution in [0.4, 0.5) is 0 Å². The Balaban J connectivity index is 2.58. The molecule has 0 atom stereocenters. The van der Waals surface area contributed by atoms with E-state index >= 15 is 0 Å². The van der Waals surface area contributed by atoms with Gasteiger partial charge in [0.05, 0.1) is 14.6 Å². The summed E-state index contributed by atoms with van der Waals surface area (Å²) in [5.74, 6) is 0. The van der Waals surface area contributed by atoms with Crippen LogP contribution in [0.2, 0.25) is 0 Å². The van der Waals surface area contributed by atoms with Crippen molar-refractivity contribution >= 4 is 15.9 Å². The van der Waals surface area contributed by atoms with E-state index in [0.29, 0.717) is 10.3 Å². The van der Waals surface area contributed by atoms with E-state index < -0.39 is 0 Å². The first-order valence-corrected chi connectivity index (χ1v) is 4.11. The van der Waals surface area contributed by atoms with E-state index in [1.54, 1.807) is 24.5 Å². The van der Waals surface area contributed by atoms with E-state index in [0.717, 1.165) is 0 Å². The molecule has 0 saturated heterocycles. The third-order valence-corrected chi connectivity index (χ3v) is 1.70. The van der Waals surface area contributed by atoms with Crippen molar-refractivity contribution in [1.82, 2.24) is 14.8 Å². The van der Waals surface area contributed by atoms with Gasteiger partial charge in [0, 0.05) is 12.4 Å². The van der Waals surface area contributed by atoms with Crippen molar-refractivity contribution in [3.63, 3.8) is 0 Å². The van der Waals surface area contributed by atoms with Gasteiger partial charge in [-0.3, -0.25) is 4.98 Å². The summed E-state index contributed by atoms with van der Waals surface area (Å²) in [6.45, 7) is 0. The monoisotopic (exact) mass is 225 g/mol. The fraction of sp³-hybridized carbons (Fsp3) is 0. The van der Waals surface area contributed by atoms with Gasteiger partial charge in [-0.2, -0.15) is 5.10 Å². The van der Waals surface area contributed by atoms with Crippen LogP contribution in [0.5, 0.6) is 0 Å². The molecule has 0 amide bonds. The van der Waals surface area contributed by atoms with Gasteiger partial charge in [0.1, 0.15) is 4.60 Å². The van der Waals surface area contributed by atoms with Gasteiger partial charge >= 0.3 is 0 Å². The number of halogens is 1. The Kier molecular flexibility index (Phi) is 1.40. The van der Waals surface area contributed by atoms with Crippen LogP contribution in [-0.2, 0) is 0 Å². The largest absolute Gasteiger partial charge is 0.262 e. The van der Waals surface area contributed by atoms with E-state index in [1.165, 1.54) is 4.68 Å². The molecule has 0 radical (unpaired) electrons. The summed E-state index contributed by atoms with van der Waals surface area (Å²) in [5, 5.41) is 4.00. The molecule has 0 saturated carbocycles. The topological polar surface area (TPSA) is 30.7 Å². The second-order valence-electron chi connectivity index (χ2n) is 2.15. The lowest BCUT2D eigenvalue weighted by atomic mass is 10.4. The average molecular weight is 226 g/mol. The highest BCUT2D eigenvalue weighted by Gasteiger charge is 1.96. The molecule has 2 aromatic heterocycles. The van der Waals surface area contributed by atoms with Crippen LogP contribution in [0.25, 0.3) is 5.69 Å². The first-order valence-electron chi connectivity index (χ1n) is 4.32. The molecular formula is C8H6BrN3. The molecule has 0 bridgehead atoms. The zero-order valence-electron chi connectivity index (χ0n) is 8.03. The number of aromatic nitrogens is 3. The molecule has 0 aliphatic rings. The highest BCUT2D eigenvalue weighted by atomic mass is 79.9. The number of pyridine rings is 1. The molecule has 0 fully saturated rings. The number of hydrogen-bond acceptors (Lipinski definition) is 2. The van der Waals surface area contributed by atoms with Crippen molar-refractivity contribution in [3.8, 4) is 5.69 Å². The molecule has 12 heavy (non-hydrogen) atoms. The third kappa shape index (κ3) is 1.38. The standard InChI is InChI=1S/C8H6BrN3/c9-8-3-5-12(11-8)7-2-1-4-10-6-7/h1-6H/i3D,5D. The maximum absolute atomic E-state index is 7.61. The summed E-state index contributed by atoms with van der Waals surface area (Å²) in [6.07, 6.45) is 3.29. The van der Waals surface area contributed by atoms with Gasteiger partial charge in [-0.1, -0.05) is 0 Å². The Labute approximate surface area is 81.0 Å². The first kappa shape index (κ1) is 5.48. The number of hydrogen-bond donors (Lipinski definition) is 0. The van der Waals surface area contributed by atoms with Gasteiger partial charge in [0.15, 0.2) is 0 Å². The molecule has 0 aromatic carbocycles. The summed E-state index contributed by atoms with van der Waals surface area (Å²) in [7, 11) is 0. The average Bonchev–Trinajstić information content (AvgIpc) is 2.47. The minimum absolute atomic E-state index is 0.0462. The SMILES string of the molecule is [2H]c1c(Br)nn(-c2cccnc2)c1[2H]. The van der Waals surface area contributed by atoms with E-state index in [4.69, 9.17) is 2.74 Å². The second-order valence-corrected chi connectivity index (χ2v) is 2.90. The number of rotatable bonds is 1. The molecule has 0 unspecified atom stereocenters. The minimum Gasteiger partial charge on any atom is -0.262 e.